The smallest absolute Gasteiger partial charge is 0.406 e. The maximum Gasteiger partial charge on any atom is 0.406 e. The maximum atomic E-state index is 13.4. The van der Waals surface area contributed by atoms with Crippen LogP contribution in [0, 0.1) is 5.82 Å². The van der Waals surface area contributed by atoms with Crippen LogP contribution < -0.4 is 0 Å². The molecule has 0 bridgehead atoms. The highest BCUT2D eigenvalue weighted by atomic mass is 79.9. The summed E-state index contributed by atoms with van der Waals surface area (Å²) in [5.74, 6) is -2.95. The monoisotopic (exact) mass is 343 g/mol. The van der Waals surface area contributed by atoms with Gasteiger partial charge in [-0.15, -0.1) is 0 Å². The van der Waals surface area contributed by atoms with Crippen LogP contribution in [0.2, 0.25) is 0 Å². The molecule has 0 aliphatic carbocycles. The fourth-order valence-electron chi connectivity index (χ4n) is 1.45. The average molecular weight is 344 g/mol. The lowest BCUT2D eigenvalue weighted by molar-refractivity contribution is -0.140. The molecule has 1 aromatic carbocycles. The molecule has 0 unspecified atom stereocenters. The fourth-order valence-corrected chi connectivity index (χ4v) is 1.88. The Balaban J connectivity index is 3.06. The zero-order valence-corrected chi connectivity index (χ0v) is 11.1. The minimum atomic E-state index is -4.60. The van der Waals surface area contributed by atoms with Crippen molar-refractivity contribution >= 4 is 21.8 Å². The van der Waals surface area contributed by atoms with Crippen molar-refractivity contribution in [1.29, 1.82) is 0 Å². The molecule has 1 N–H and O–H groups in total. The largest absolute Gasteiger partial charge is 0.507 e. The van der Waals surface area contributed by atoms with Crippen LogP contribution in [0.5, 0.6) is 5.75 Å². The van der Waals surface area contributed by atoms with Crippen LogP contribution in [0.25, 0.3) is 0 Å². The first-order valence-electron chi connectivity index (χ1n) is 5.15. The third-order valence-electron chi connectivity index (χ3n) is 2.22. The second-order valence-electron chi connectivity index (χ2n) is 3.66. The lowest BCUT2D eigenvalue weighted by Crippen LogP contribution is -2.40. The molecule has 0 aromatic heterocycles. The van der Waals surface area contributed by atoms with Crippen molar-refractivity contribution in [2.45, 2.75) is 6.18 Å². The van der Waals surface area contributed by atoms with Gasteiger partial charge in [0.25, 0.3) is 5.91 Å². The molecule has 3 nitrogen and oxygen atoms in total. The fraction of sp³-hybridized carbons (Fsp3) is 0.364. The summed E-state index contributed by atoms with van der Waals surface area (Å²) >= 11 is 2.92. The molecule has 1 amide bonds. The van der Waals surface area contributed by atoms with Gasteiger partial charge < -0.3 is 10.0 Å². The van der Waals surface area contributed by atoms with Crippen molar-refractivity contribution in [3.8, 4) is 5.75 Å². The van der Waals surface area contributed by atoms with Gasteiger partial charge in [-0.05, 0) is 12.1 Å². The minimum absolute atomic E-state index is 0.101. The lowest BCUT2D eigenvalue weighted by Gasteiger charge is -2.23. The number of aromatic hydroxyl groups is 1. The normalized spacial score (nSPS) is 11.4. The number of alkyl halides is 4. The Morgan fingerprint density at radius 1 is 1.37 bits per heavy atom. The van der Waals surface area contributed by atoms with Crippen LogP contribution in [0.4, 0.5) is 17.6 Å². The lowest BCUT2D eigenvalue weighted by atomic mass is 10.1. The highest BCUT2D eigenvalue weighted by Crippen LogP contribution is 2.24. The summed E-state index contributed by atoms with van der Waals surface area (Å²) in [7, 11) is 0. The summed E-state index contributed by atoms with van der Waals surface area (Å²) in [4.78, 5) is 12.3. The Hall–Kier alpha value is -1.31. The van der Waals surface area contributed by atoms with E-state index < -0.39 is 35.8 Å². The number of phenolic OH excluding ortho intramolecular Hbond substituents is 1. The molecule has 0 saturated heterocycles. The first-order valence-corrected chi connectivity index (χ1v) is 6.28. The Kier molecular flexibility index (Phi) is 5.16. The van der Waals surface area contributed by atoms with Crippen molar-refractivity contribution in [3.05, 3.63) is 29.6 Å². The third-order valence-corrected chi connectivity index (χ3v) is 2.57. The number of nitrogens with zero attached hydrogens (tertiary/aromatic N) is 1. The van der Waals surface area contributed by atoms with Gasteiger partial charge in [-0.1, -0.05) is 22.0 Å². The van der Waals surface area contributed by atoms with E-state index in [1.165, 1.54) is 0 Å². The number of phenols is 1. The van der Waals surface area contributed by atoms with Crippen LogP contribution in [-0.2, 0) is 0 Å². The second-order valence-corrected chi connectivity index (χ2v) is 4.46. The molecule has 1 rings (SSSR count). The summed E-state index contributed by atoms with van der Waals surface area (Å²) in [6, 6.07) is 3.09. The van der Waals surface area contributed by atoms with Gasteiger partial charge in [0.15, 0.2) is 0 Å². The van der Waals surface area contributed by atoms with Crippen LogP contribution in [-0.4, -0.2) is 40.5 Å². The Labute approximate surface area is 115 Å². The number of carbonyl (C=O) groups is 1. The first-order chi connectivity index (χ1) is 8.76. The molecule has 106 valence electrons. The van der Waals surface area contributed by atoms with Gasteiger partial charge in [0.1, 0.15) is 23.7 Å². The van der Waals surface area contributed by atoms with E-state index in [0.717, 1.165) is 18.2 Å². The number of hydrogen-bond acceptors (Lipinski definition) is 2. The van der Waals surface area contributed by atoms with Crippen LogP contribution in [0.3, 0.4) is 0 Å². The Morgan fingerprint density at radius 2 is 2.00 bits per heavy atom. The van der Waals surface area contributed by atoms with Crippen molar-refractivity contribution in [1.82, 2.24) is 4.90 Å². The van der Waals surface area contributed by atoms with Crippen molar-refractivity contribution < 1.29 is 27.5 Å². The van der Waals surface area contributed by atoms with E-state index >= 15 is 0 Å². The SMILES string of the molecule is O=C(c1c(O)cccc1F)N(CCBr)CC(F)(F)F. The highest BCUT2D eigenvalue weighted by Gasteiger charge is 2.34. The molecular weight excluding hydrogens is 334 g/mol. The maximum absolute atomic E-state index is 13.4. The molecule has 1 aromatic rings. The molecule has 19 heavy (non-hydrogen) atoms. The number of hydrogen-bond donors (Lipinski definition) is 1. The van der Waals surface area contributed by atoms with Crippen molar-refractivity contribution in [3.63, 3.8) is 0 Å². The molecular formula is C11H10BrF4NO2. The summed E-state index contributed by atoms with van der Waals surface area (Å²) in [5.41, 5.74) is -0.757. The van der Waals surface area contributed by atoms with Gasteiger partial charge in [0, 0.05) is 11.9 Å². The van der Waals surface area contributed by atoms with Gasteiger partial charge in [-0.3, -0.25) is 4.79 Å². The average Bonchev–Trinajstić information content (AvgIpc) is 2.26. The van der Waals surface area contributed by atoms with Crippen molar-refractivity contribution in [2.24, 2.45) is 0 Å². The minimum Gasteiger partial charge on any atom is -0.507 e. The zero-order valence-electron chi connectivity index (χ0n) is 9.55. The molecule has 0 spiro atoms. The predicted octanol–water partition coefficient (Wildman–Crippen LogP) is 2.93. The topological polar surface area (TPSA) is 40.5 Å². The molecule has 0 heterocycles. The van der Waals surface area contributed by atoms with E-state index in [1.807, 2.05) is 0 Å². The highest BCUT2D eigenvalue weighted by molar-refractivity contribution is 9.09. The summed E-state index contributed by atoms with van der Waals surface area (Å²) in [6.45, 7) is -1.77. The molecule has 0 saturated carbocycles. The van der Waals surface area contributed by atoms with E-state index in [-0.39, 0.29) is 11.9 Å². The quantitative estimate of drug-likeness (QED) is 0.674. The van der Waals surface area contributed by atoms with E-state index in [0.29, 0.717) is 4.90 Å². The Morgan fingerprint density at radius 3 is 2.47 bits per heavy atom. The molecule has 8 heteroatoms. The van der Waals surface area contributed by atoms with E-state index in [9.17, 15) is 27.5 Å². The second kappa shape index (κ2) is 6.23. The van der Waals surface area contributed by atoms with Gasteiger partial charge in [0.05, 0.1) is 0 Å². The molecule has 0 aliphatic heterocycles. The Bertz CT molecular complexity index is 444. The van der Waals surface area contributed by atoms with Gasteiger partial charge in [-0.2, -0.15) is 13.2 Å². The number of rotatable bonds is 4. The first kappa shape index (κ1) is 15.7. The molecule has 0 radical (unpaired) electrons. The van der Waals surface area contributed by atoms with Gasteiger partial charge in [-0.25, -0.2) is 4.39 Å². The van der Waals surface area contributed by atoms with E-state index in [4.69, 9.17) is 0 Å². The number of amides is 1. The number of benzene rings is 1. The number of halogens is 5. The van der Waals surface area contributed by atoms with E-state index in [1.54, 1.807) is 0 Å². The summed E-state index contributed by atoms with van der Waals surface area (Å²) in [5, 5.41) is 9.50. The van der Waals surface area contributed by atoms with E-state index in [2.05, 4.69) is 15.9 Å². The van der Waals surface area contributed by atoms with Crippen LogP contribution in [0.1, 0.15) is 10.4 Å². The van der Waals surface area contributed by atoms with Gasteiger partial charge >= 0.3 is 6.18 Å². The van der Waals surface area contributed by atoms with Gasteiger partial charge in [0.2, 0.25) is 0 Å². The summed E-state index contributed by atoms with van der Waals surface area (Å²) < 4.78 is 50.5. The predicted molar refractivity (Wildman–Crippen MR) is 63.8 cm³/mol. The van der Waals surface area contributed by atoms with Crippen LogP contribution >= 0.6 is 15.9 Å². The van der Waals surface area contributed by atoms with Crippen LogP contribution in [0.15, 0.2) is 18.2 Å². The standard InChI is InChI=1S/C11H10BrF4NO2/c12-4-5-17(6-11(14,15)16)10(19)9-7(13)2-1-3-8(9)18/h1-3,18H,4-6H2. The third kappa shape index (κ3) is 4.38. The molecule has 0 atom stereocenters. The molecule has 0 aliphatic rings. The van der Waals surface area contributed by atoms with Crippen molar-refractivity contribution in [2.75, 3.05) is 18.4 Å². The number of carbonyl (C=O) groups excluding carboxylic acids is 1. The zero-order chi connectivity index (χ0) is 14.6. The molecule has 0 fully saturated rings. The summed E-state index contributed by atoms with van der Waals surface area (Å²) in [6.07, 6.45) is -4.60.